The molecular formula is C17H15IO4. The third-order valence-corrected chi connectivity index (χ3v) is 3.52. The van der Waals surface area contributed by atoms with E-state index in [1.165, 1.54) is 13.2 Å². The maximum atomic E-state index is 11.0. The molecule has 2 aromatic carbocycles. The monoisotopic (exact) mass is 410 g/mol. The van der Waals surface area contributed by atoms with Crippen LogP contribution < -0.4 is 9.47 Å². The minimum Gasteiger partial charge on any atom is -0.493 e. The molecule has 0 amide bonds. The fourth-order valence-corrected chi connectivity index (χ4v) is 2.20. The van der Waals surface area contributed by atoms with Gasteiger partial charge in [-0.15, -0.1) is 0 Å². The molecule has 0 fully saturated rings. The largest absolute Gasteiger partial charge is 0.493 e. The zero-order chi connectivity index (χ0) is 15.9. The first-order valence-corrected chi connectivity index (χ1v) is 7.57. The highest BCUT2D eigenvalue weighted by Gasteiger charge is 2.06. The zero-order valence-corrected chi connectivity index (χ0v) is 14.4. The first-order chi connectivity index (χ1) is 10.6. The van der Waals surface area contributed by atoms with Gasteiger partial charge in [0.2, 0.25) is 0 Å². The molecule has 0 spiro atoms. The van der Waals surface area contributed by atoms with Gasteiger partial charge in [-0.2, -0.15) is 0 Å². The summed E-state index contributed by atoms with van der Waals surface area (Å²) in [6.45, 7) is 0. The molecule has 0 heterocycles. The van der Waals surface area contributed by atoms with Gasteiger partial charge in [0.15, 0.2) is 11.5 Å². The summed E-state index contributed by atoms with van der Waals surface area (Å²) in [6, 6.07) is 13.1. The van der Waals surface area contributed by atoms with Crippen molar-refractivity contribution in [2.24, 2.45) is 0 Å². The summed E-state index contributed by atoms with van der Waals surface area (Å²) < 4.78 is 16.7. The predicted molar refractivity (Wildman–Crippen MR) is 93.3 cm³/mol. The molecule has 22 heavy (non-hydrogen) atoms. The number of rotatable bonds is 5. The number of esters is 1. The molecule has 0 bridgehead atoms. The topological polar surface area (TPSA) is 44.8 Å². The number of halogens is 1. The number of carbonyl (C=O) groups is 1. The summed E-state index contributed by atoms with van der Waals surface area (Å²) >= 11 is 2.22. The van der Waals surface area contributed by atoms with E-state index in [9.17, 15) is 4.79 Å². The highest BCUT2D eigenvalue weighted by molar-refractivity contribution is 14.1. The Morgan fingerprint density at radius 2 is 1.77 bits per heavy atom. The van der Waals surface area contributed by atoms with Crippen LogP contribution in [0.1, 0.15) is 5.56 Å². The van der Waals surface area contributed by atoms with Crippen molar-refractivity contribution in [2.75, 3.05) is 14.2 Å². The highest BCUT2D eigenvalue weighted by atomic mass is 127. The van der Waals surface area contributed by atoms with E-state index in [0.29, 0.717) is 17.2 Å². The van der Waals surface area contributed by atoms with E-state index < -0.39 is 0 Å². The van der Waals surface area contributed by atoms with Crippen molar-refractivity contribution >= 4 is 34.6 Å². The molecule has 0 aliphatic rings. The van der Waals surface area contributed by atoms with Crippen LogP contribution in [0.5, 0.6) is 17.2 Å². The minimum atomic E-state index is -0.385. The molecule has 0 unspecified atom stereocenters. The molecule has 0 aliphatic carbocycles. The third kappa shape index (κ3) is 4.49. The lowest BCUT2D eigenvalue weighted by atomic mass is 10.2. The molecule has 114 valence electrons. The fourth-order valence-electron chi connectivity index (χ4n) is 1.74. The average molecular weight is 410 g/mol. The number of benzene rings is 2. The van der Waals surface area contributed by atoms with Gasteiger partial charge < -0.3 is 14.2 Å². The van der Waals surface area contributed by atoms with Crippen molar-refractivity contribution in [3.8, 4) is 17.2 Å². The fraction of sp³-hybridized carbons (Fsp3) is 0.118. The normalized spacial score (nSPS) is 10.5. The second-order valence-corrected chi connectivity index (χ2v) is 5.57. The maximum absolute atomic E-state index is 11.0. The van der Waals surface area contributed by atoms with Gasteiger partial charge in [0.1, 0.15) is 5.75 Å². The summed E-state index contributed by atoms with van der Waals surface area (Å²) in [5, 5.41) is 0. The van der Waals surface area contributed by atoms with Gasteiger partial charge in [0.25, 0.3) is 0 Å². The lowest BCUT2D eigenvalue weighted by Gasteiger charge is -2.10. The minimum absolute atomic E-state index is 0.385. The van der Waals surface area contributed by atoms with E-state index in [-0.39, 0.29) is 5.97 Å². The standard InChI is InChI=1S/C17H15IO4/c1-20-15-9-6-13(18)11-16(15)22-14-7-3-12(4-8-14)5-10-17(19)21-2/h3-11H,1-2H3/b10-5-. The maximum Gasteiger partial charge on any atom is 0.330 e. The molecule has 0 aliphatic heterocycles. The smallest absolute Gasteiger partial charge is 0.330 e. The molecule has 0 N–H and O–H groups in total. The Balaban J connectivity index is 2.13. The predicted octanol–water partition coefficient (Wildman–Crippen LogP) is 4.28. The lowest BCUT2D eigenvalue weighted by Crippen LogP contribution is -1.93. The lowest BCUT2D eigenvalue weighted by molar-refractivity contribution is -0.134. The van der Waals surface area contributed by atoms with Gasteiger partial charge in [-0.25, -0.2) is 4.79 Å². The molecule has 2 rings (SSSR count). The van der Waals surface area contributed by atoms with Crippen LogP contribution in [-0.4, -0.2) is 20.2 Å². The molecule has 0 saturated heterocycles. The van der Waals surface area contributed by atoms with Gasteiger partial charge in [-0.3, -0.25) is 0 Å². The van der Waals surface area contributed by atoms with E-state index in [2.05, 4.69) is 27.3 Å². The van der Waals surface area contributed by atoms with Crippen molar-refractivity contribution in [1.82, 2.24) is 0 Å². The van der Waals surface area contributed by atoms with Crippen molar-refractivity contribution in [3.05, 3.63) is 57.7 Å². The Bertz CT molecular complexity index is 678. The second kappa shape index (κ2) is 7.84. The Hall–Kier alpha value is -2.02. The zero-order valence-electron chi connectivity index (χ0n) is 12.2. The van der Waals surface area contributed by atoms with Crippen LogP contribution >= 0.6 is 22.6 Å². The number of hydrogen-bond donors (Lipinski definition) is 0. The van der Waals surface area contributed by atoms with Crippen LogP contribution in [0.25, 0.3) is 6.08 Å². The van der Waals surface area contributed by atoms with Crippen LogP contribution in [0.15, 0.2) is 48.5 Å². The molecule has 0 aromatic heterocycles. The van der Waals surface area contributed by atoms with Crippen molar-refractivity contribution in [3.63, 3.8) is 0 Å². The summed E-state index contributed by atoms with van der Waals surface area (Å²) in [6.07, 6.45) is 3.06. The number of ether oxygens (including phenoxy) is 3. The van der Waals surface area contributed by atoms with Crippen LogP contribution in [-0.2, 0) is 9.53 Å². The summed E-state index contributed by atoms with van der Waals surface area (Å²) in [5.41, 5.74) is 0.882. The van der Waals surface area contributed by atoms with E-state index in [4.69, 9.17) is 9.47 Å². The molecule has 0 atom stereocenters. The van der Waals surface area contributed by atoms with E-state index in [1.54, 1.807) is 13.2 Å². The Morgan fingerprint density at radius 1 is 1.05 bits per heavy atom. The van der Waals surface area contributed by atoms with E-state index in [1.807, 2.05) is 42.5 Å². The number of methoxy groups -OCH3 is 2. The second-order valence-electron chi connectivity index (χ2n) is 4.32. The molecule has 2 aromatic rings. The van der Waals surface area contributed by atoms with E-state index >= 15 is 0 Å². The van der Waals surface area contributed by atoms with Crippen molar-refractivity contribution < 1.29 is 19.0 Å². The van der Waals surface area contributed by atoms with Gasteiger partial charge in [0.05, 0.1) is 14.2 Å². The Kier molecular flexibility index (Phi) is 5.83. The Morgan fingerprint density at radius 3 is 2.41 bits per heavy atom. The quantitative estimate of drug-likeness (QED) is 0.420. The Labute approximate surface area is 142 Å². The number of hydrogen-bond acceptors (Lipinski definition) is 4. The van der Waals surface area contributed by atoms with Gasteiger partial charge >= 0.3 is 5.97 Å². The number of carbonyl (C=O) groups excluding carboxylic acids is 1. The molecule has 0 radical (unpaired) electrons. The molecule has 5 heteroatoms. The van der Waals surface area contributed by atoms with Gasteiger partial charge in [0, 0.05) is 9.65 Å². The van der Waals surface area contributed by atoms with Crippen LogP contribution in [0, 0.1) is 3.57 Å². The van der Waals surface area contributed by atoms with Gasteiger partial charge in [-0.05, 0) is 64.6 Å². The van der Waals surface area contributed by atoms with E-state index in [0.717, 1.165) is 9.13 Å². The average Bonchev–Trinajstić information content (AvgIpc) is 2.54. The van der Waals surface area contributed by atoms with Crippen molar-refractivity contribution in [2.45, 2.75) is 0 Å². The first-order valence-electron chi connectivity index (χ1n) is 6.50. The van der Waals surface area contributed by atoms with Crippen molar-refractivity contribution in [1.29, 1.82) is 0 Å². The van der Waals surface area contributed by atoms with Crippen LogP contribution in [0.4, 0.5) is 0 Å². The SMILES string of the molecule is COC(=O)/C=C\c1ccc(Oc2cc(I)ccc2OC)cc1. The summed E-state index contributed by atoms with van der Waals surface area (Å²) in [7, 11) is 2.95. The molecule has 4 nitrogen and oxygen atoms in total. The molecule has 0 saturated carbocycles. The summed E-state index contributed by atoms with van der Waals surface area (Å²) in [4.78, 5) is 11.0. The molecular weight excluding hydrogens is 395 g/mol. The highest BCUT2D eigenvalue weighted by Crippen LogP contribution is 2.32. The van der Waals surface area contributed by atoms with Crippen LogP contribution in [0.3, 0.4) is 0 Å². The van der Waals surface area contributed by atoms with Crippen LogP contribution in [0.2, 0.25) is 0 Å². The third-order valence-electron chi connectivity index (χ3n) is 2.85. The van der Waals surface area contributed by atoms with Gasteiger partial charge in [-0.1, -0.05) is 12.1 Å². The summed E-state index contributed by atoms with van der Waals surface area (Å²) in [5.74, 6) is 1.64. The first kappa shape index (κ1) is 16.4.